The molecular formula is C29H26FNO4. The standard InChI is InChI=1S/C29H26FNO4/c1-2-3-6-17-34-22-15-11-20(12-16-22)26-25-27(32)23-7-4-5-8-24(23)35-28(25)29(33)31(26)18-19-9-13-21(30)14-10-19/h4-5,7-16,26H,2-3,6,17-18H2,1H3. The van der Waals surface area contributed by atoms with Crippen molar-refractivity contribution in [3.8, 4) is 5.75 Å². The number of hydrogen-bond acceptors (Lipinski definition) is 4. The summed E-state index contributed by atoms with van der Waals surface area (Å²) in [5.74, 6) is 0.0850. The Labute approximate surface area is 202 Å². The number of benzene rings is 3. The Morgan fingerprint density at radius 3 is 2.43 bits per heavy atom. The highest BCUT2D eigenvalue weighted by Gasteiger charge is 2.42. The lowest BCUT2D eigenvalue weighted by atomic mass is 9.98. The smallest absolute Gasteiger partial charge is 0.291 e. The predicted molar refractivity (Wildman–Crippen MR) is 132 cm³/mol. The van der Waals surface area contributed by atoms with E-state index >= 15 is 0 Å². The van der Waals surface area contributed by atoms with Crippen LogP contribution in [0.25, 0.3) is 11.0 Å². The lowest BCUT2D eigenvalue weighted by Gasteiger charge is -2.25. The molecular weight excluding hydrogens is 445 g/mol. The number of ether oxygens (including phenoxy) is 1. The number of amides is 1. The molecule has 1 aromatic heterocycles. The first kappa shape index (κ1) is 22.8. The second-order valence-electron chi connectivity index (χ2n) is 8.76. The van der Waals surface area contributed by atoms with Crippen LogP contribution >= 0.6 is 0 Å². The predicted octanol–water partition coefficient (Wildman–Crippen LogP) is 6.25. The van der Waals surface area contributed by atoms with Gasteiger partial charge in [0.05, 0.1) is 23.6 Å². The number of hydrogen-bond donors (Lipinski definition) is 0. The maximum atomic E-state index is 13.5. The maximum absolute atomic E-state index is 13.5. The van der Waals surface area contributed by atoms with Crippen LogP contribution in [-0.4, -0.2) is 17.4 Å². The zero-order chi connectivity index (χ0) is 24.4. The van der Waals surface area contributed by atoms with Crippen LogP contribution in [0, 0.1) is 5.82 Å². The number of halogens is 1. The summed E-state index contributed by atoms with van der Waals surface area (Å²) in [6.07, 6.45) is 3.22. The number of rotatable bonds is 8. The SMILES string of the molecule is CCCCCOc1ccc(C2c3c(oc4ccccc4c3=O)C(=O)N2Cc2ccc(F)cc2)cc1. The van der Waals surface area contributed by atoms with E-state index in [0.717, 1.165) is 36.1 Å². The molecule has 1 aliphatic heterocycles. The Hall–Kier alpha value is -3.93. The average molecular weight is 472 g/mol. The van der Waals surface area contributed by atoms with Crippen molar-refractivity contribution < 1.29 is 18.3 Å². The van der Waals surface area contributed by atoms with E-state index < -0.39 is 6.04 Å². The third-order valence-corrected chi connectivity index (χ3v) is 6.35. The van der Waals surface area contributed by atoms with E-state index in [9.17, 15) is 14.0 Å². The van der Waals surface area contributed by atoms with E-state index in [2.05, 4.69) is 6.92 Å². The van der Waals surface area contributed by atoms with E-state index in [0.29, 0.717) is 23.1 Å². The van der Waals surface area contributed by atoms with Gasteiger partial charge in [0, 0.05) is 6.54 Å². The van der Waals surface area contributed by atoms with E-state index in [-0.39, 0.29) is 29.5 Å². The van der Waals surface area contributed by atoms with Gasteiger partial charge in [-0.05, 0) is 53.9 Å². The molecule has 0 fully saturated rings. The maximum Gasteiger partial charge on any atom is 0.291 e. The fourth-order valence-electron chi connectivity index (χ4n) is 4.55. The van der Waals surface area contributed by atoms with Crippen molar-refractivity contribution >= 4 is 16.9 Å². The summed E-state index contributed by atoms with van der Waals surface area (Å²) in [5, 5.41) is 0.434. The van der Waals surface area contributed by atoms with E-state index in [1.807, 2.05) is 24.3 Å². The molecule has 1 atom stereocenters. The average Bonchev–Trinajstić information content (AvgIpc) is 3.15. The zero-order valence-electron chi connectivity index (χ0n) is 19.5. The molecule has 4 aromatic rings. The van der Waals surface area contributed by atoms with Crippen LogP contribution < -0.4 is 10.2 Å². The van der Waals surface area contributed by atoms with E-state index in [4.69, 9.17) is 9.15 Å². The number of nitrogens with zero attached hydrogens (tertiary/aromatic N) is 1. The topological polar surface area (TPSA) is 59.8 Å². The Morgan fingerprint density at radius 2 is 1.69 bits per heavy atom. The molecule has 178 valence electrons. The van der Waals surface area contributed by atoms with Gasteiger partial charge in [-0.1, -0.05) is 56.2 Å². The van der Waals surface area contributed by atoms with Crippen LogP contribution in [0.4, 0.5) is 4.39 Å². The van der Waals surface area contributed by atoms with Crippen LogP contribution in [0.5, 0.6) is 5.75 Å². The monoisotopic (exact) mass is 471 g/mol. The Bertz CT molecular complexity index is 1410. The second kappa shape index (κ2) is 9.74. The molecule has 5 nitrogen and oxygen atoms in total. The Balaban J connectivity index is 1.55. The molecule has 0 N–H and O–H groups in total. The van der Waals surface area contributed by atoms with Gasteiger partial charge >= 0.3 is 0 Å². The van der Waals surface area contributed by atoms with Crippen LogP contribution in [0.15, 0.2) is 82.0 Å². The van der Waals surface area contributed by atoms with Gasteiger partial charge in [-0.25, -0.2) is 4.39 Å². The molecule has 3 aromatic carbocycles. The molecule has 1 amide bonds. The van der Waals surface area contributed by atoms with Gasteiger partial charge < -0.3 is 14.1 Å². The first-order valence-corrected chi connectivity index (χ1v) is 11.9. The lowest BCUT2D eigenvalue weighted by Crippen LogP contribution is -2.29. The summed E-state index contributed by atoms with van der Waals surface area (Å²) >= 11 is 0. The zero-order valence-corrected chi connectivity index (χ0v) is 19.5. The number of carbonyl (C=O) groups excluding carboxylic acids is 1. The molecule has 5 rings (SSSR count). The van der Waals surface area contributed by atoms with Crippen LogP contribution in [0.1, 0.15) is 59.5 Å². The van der Waals surface area contributed by atoms with E-state index in [1.54, 1.807) is 41.3 Å². The van der Waals surface area contributed by atoms with Crippen molar-refractivity contribution in [3.05, 3.63) is 111 Å². The summed E-state index contributed by atoms with van der Waals surface area (Å²) in [6, 6.07) is 19.8. The van der Waals surface area contributed by atoms with Crippen molar-refractivity contribution in [2.24, 2.45) is 0 Å². The van der Waals surface area contributed by atoms with Crippen LogP contribution in [0.2, 0.25) is 0 Å². The molecule has 35 heavy (non-hydrogen) atoms. The van der Waals surface area contributed by atoms with Crippen molar-refractivity contribution in [2.45, 2.75) is 38.8 Å². The summed E-state index contributed by atoms with van der Waals surface area (Å²) < 4.78 is 25.3. The van der Waals surface area contributed by atoms with Crippen molar-refractivity contribution in [2.75, 3.05) is 6.61 Å². The number of fused-ring (bicyclic) bond motifs is 2. The number of carbonyl (C=O) groups is 1. The first-order valence-electron chi connectivity index (χ1n) is 11.9. The minimum atomic E-state index is -0.627. The molecule has 0 bridgehead atoms. The summed E-state index contributed by atoms with van der Waals surface area (Å²) in [5.41, 5.74) is 2.02. The lowest BCUT2D eigenvalue weighted by molar-refractivity contribution is 0.0714. The quantitative estimate of drug-likeness (QED) is 0.285. The van der Waals surface area contributed by atoms with Gasteiger partial charge in [0.25, 0.3) is 5.91 Å². The molecule has 0 aliphatic carbocycles. The Morgan fingerprint density at radius 1 is 0.943 bits per heavy atom. The molecule has 0 saturated heterocycles. The van der Waals surface area contributed by atoms with Gasteiger partial charge in [-0.3, -0.25) is 9.59 Å². The van der Waals surface area contributed by atoms with Gasteiger partial charge in [0.15, 0.2) is 5.43 Å². The second-order valence-corrected chi connectivity index (χ2v) is 8.76. The summed E-state index contributed by atoms with van der Waals surface area (Å²) in [7, 11) is 0. The molecule has 0 radical (unpaired) electrons. The van der Waals surface area contributed by atoms with E-state index in [1.165, 1.54) is 12.1 Å². The number of para-hydroxylation sites is 1. The summed E-state index contributed by atoms with van der Waals surface area (Å²) in [4.78, 5) is 28.7. The first-order chi connectivity index (χ1) is 17.1. The van der Waals surface area contributed by atoms with Crippen LogP contribution in [0.3, 0.4) is 0 Å². The molecule has 0 spiro atoms. The fraction of sp³-hybridized carbons (Fsp3) is 0.241. The molecule has 2 heterocycles. The molecule has 1 unspecified atom stereocenters. The Kier molecular flexibility index (Phi) is 6.36. The minimum absolute atomic E-state index is 0.0562. The van der Waals surface area contributed by atoms with Crippen LogP contribution in [-0.2, 0) is 6.54 Å². The number of unbranched alkanes of at least 4 members (excludes halogenated alkanes) is 2. The third-order valence-electron chi connectivity index (χ3n) is 6.35. The normalized spacial score (nSPS) is 15.0. The largest absolute Gasteiger partial charge is 0.494 e. The highest BCUT2D eigenvalue weighted by molar-refractivity contribution is 5.99. The van der Waals surface area contributed by atoms with Crippen molar-refractivity contribution in [3.63, 3.8) is 0 Å². The highest BCUT2D eigenvalue weighted by Crippen LogP contribution is 2.39. The van der Waals surface area contributed by atoms with Gasteiger partial charge in [0.2, 0.25) is 5.76 Å². The van der Waals surface area contributed by atoms with Crippen molar-refractivity contribution in [1.82, 2.24) is 4.90 Å². The minimum Gasteiger partial charge on any atom is -0.494 e. The fourth-order valence-corrected chi connectivity index (χ4v) is 4.55. The highest BCUT2D eigenvalue weighted by atomic mass is 19.1. The molecule has 0 saturated carbocycles. The van der Waals surface area contributed by atoms with Gasteiger partial charge in [-0.15, -0.1) is 0 Å². The molecule has 1 aliphatic rings. The van der Waals surface area contributed by atoms with Gasteiger partial charge in [-0.2, -0.15) is 0 Å². The van der Waals surface area contributed by atoms with Gasteiger partial charge in [0.1, 0.15) is 17.1 Å². The van der Waals surface area contributed by atoms with Crippen molar-refractivity contribution in [1.29, 1.82) is 0 Å². The molecule has 6 heteroatoms. The third kappa shape index (κ3) is 4.44. The summed E-state index contributed by atoms with van der Waals surface area (Å²) in [6.45, 7) is 3.00.